The highest BCUT2D eigenvalue weighted by atomic mass is 16.7. The molecule has 1 rings (SSSR count). The number of benzene rings is 1. The van der Waals surface area contributed by atoms with Gasteiger partial charge in [0.05, 0.1) is 11.3 Å². The Kier molecular flexibility index (Phi) is 7.54. The van der Waals surface area contributed by atoms with E-state index in [-0.39, 0.29) is 5.91 Å². The fraction of sp³-hybridized carbons (Fsp3) is 0.500. The number of hydrogen-bond donors (Lipinski definition) is 3. The van der Waals surface area contributed by atoms with Gasteiger partial charge in [0.2, 0.25) is 0 Å². The maximum atomic E-state index is 12.3. The van der Waals surface area contributed by atoms with Crippen LogP contribution in [0.1, 0.15) is 58.3 Å². The topological polar surface area (TPSA) is 83.0 Å². The molecule has 1 aromatic rings. The Bertz CT molecular complexity index is 669. The first-order chi connectivity index (χ1) is 12.0. The molecule has 0 aromatic heterocycles. The molecule has 6 heteroatoms. The first-order valence-electron chi connectivity index (χ1n) is 8.72. The number of amides is 1. The average molecular weight is 361 g/mol. The molecule has 0 unspecified atom stereocenters. The summed E-state index contributed by atoms with van der Waals surface area (Å²) in [6.07, 6.45) is 2.76. The Morgan fingerprint density at radius 3 is 2.27 bits per heavy atom. The summed E-state index contributed by atoms with van der Waals surface area (Å²) in [6, 6.07) is 6.88. The second-order valence-corrected chi connectivity index (χ2v) is 7.26. The zero-order chi connectivity index (χ0) is 20.0. The third-order valence-electron chi connectivity index (χ3n) is 4.47. The number of aliphatic hydroxyl groups is 1. The zero-order valence-corrected chi connectivity index (χ0v) is 16.8. The average Bonchev–Trinajstić information content (AvgIpc) is 2.58. The molecular weight excluding hydrogens is 330 g/mol. The molecule has 0 aliphatic rings. The van der Waals surface area contributed by atoms with E-state index in [0.717, 1.165) is 12.0 Å². The first-order valence-corrected chi connectivity index (χ1v) is 8.72. The van der Waals surface area contributed by atoms with Crippen LogP contribution in [0.2, 0.25) is 0 Å². The van der Waals surface area contributed by atoms with Gasteiger partial charge in [-0.1, -0.05) is 12.5 Å². The Morgan fingerprint density at radius 1 is 1.23 bits per heavy atom. The molecule has 3 N–H and O–H groups in total. The maximum absolute atomic E-state index is 12.3. The highest BCUT2D eigenvalue weighted by molar-refractivity contribution is 6.10. The van der Waals surface area contributed by atoms with Crippen molar-refractivity contribution in [2.45, 2.75) is 59.2 Å². The minimum absolute atomic E-state index is 0.227. The normalized spacial score (nSPS) is 13.5. The monoisotopic (exact) mass is 361 g/mol. The molecule has 0 spiro atoms. The lowest BCUT2D eigenvalue weighted by Crippen LogP contribution is -2.48. The summed E-state index contributed by atoms with van der Waals surface area (Å²) in [5.41, 5.74) is 3.35. The molecule has 144 valence electrons. The first kappa shape index (κ1) is 21.9. The van der Waals surface area contributed by atoms with Crippen molar-refractivity contribution in [1.29, 1.82) is 0 Å². The van der Waals surface area contributed by atoms with E-state index in [4.69, 9.17) is 4.84 Å². The number of amidine groups is 1. The van der Waals surface area contributed by atoms with Gasteiger partial charge in [0.1, 0.15) is 11.4 Å². The molecule has 1 amide bonds. The third kappa shape index (κ3) is 6.28. The van der Waals surface area contributed by atoms with E-state index < -0.39 is 11.2 Å². The third-order valence-corrected chi connectivity index (χ3v) is 4.47. The van der Waals surface area contributed by atoms with Crippen LogP contribution in [0.15, 0.2) is 40.9 Å². The summed E-state index contributed by atoms with van der Waals surface area (Å²) in [4.78, 5) is 22.0. The van der Waals surface area contributed by atoms with E-state index in [0.29, 0.717) is 17.1 Å². The number of hydrogen-bond acceptors (Lipinski definition) is 5. The van der Waals surface area contributed by atoms with Gasteiger partial charge in [0.25, 0.3) is 5.91 Å². The highest BCUT2D eigenvalue weighted by Crippen LogP contribution is 2.25. The number of allylic oxidation sites excluding steroid dienone is 1. The highest BCUT2D eigenvalue weighted by Gasteiger charge is 2.37. The number of carbonyl (C=O) groups excluding carboxylic acids is 1. The fourth-order valence-electron chi connectivity index (χ4n) is 1.68. The van der Waals surface area contributed by atoms with Crippen molar-refractivity contribution in [3.63, 3.8) is 0 Å². The molecule has 0 saturated heterocycles. The summed E-state index contributed by atoms with van der Waals surface area (Å²) in [6.45, 7) is 11.0. The Morgan fingerprint density at radius 2 is 1.81 bits per heavy atom. The van der Waals surface area contributed by atoms with Gasteiger partial charge in [-0.15, -0.1) is 0 Å². The van der Waals surface area contributed by atoms with Crippen molar-refractivity contribution >= 4 is 17.4 Å². The minimum atomic E-state index is -1.01. The summed E-state index contributed by atoms with van der Waals surface area (Å²) in [5, 5.41) is 12.9. The van der Waals surface area contributed by atoms with Gasteiger partial charge in [-0.05, 0) is 71.4 Å². The van der Waals surface area contributed by atoms with Crippen molar-refractivity contribution in [3.8, 4) is 0 Å². The van der Waals surface area contributed by atoms with Crippen LogP contribution in [0.4, 0.5) is 5.69 Å². The van der Waals surface area contributed by atoms with Crippen LogP contribution in [0, 0.1) is 0 Å². The molecule has 0 atom stereocenters. The number of nitrogens with zero attached hydrogens (tertiary/aromatic N) is 1. The van der Waals surface area contributed by atoms with Crippen LogP contribution in [0.25, 0.3) is 0 Å². The second-order valence-electron chi connectivity index (χ2n) is 7.26. The van der Waals surface area contributed by atoms with Crippen LogP contribution < -0.4 is 10.8 Å². The number of aliphatic imine (C=N–C) groups is 1. The van der Waals surface area contributed by atoms with Crippen LogP contribution in [0.5, 0.6) is 0 Å². The predicted molar refractivity (Wildman–Crippen MR) is 106 cm³/mol. The van der Waals surface area contributed by atoms with Crippen molar-refractivity contribution in [2.24, 2.45) is 4.99 Å². The van der Waals surface area contributed by atoms with E-state index in [1.807, 2.05) is 19.9 Å². The minimum Gasteiger partial charge on any atom is -0.387 e. The van der Waals surface area contributed by atoms with Crippen molar-refractivity contribution in [3.05, 3.63) is 41.5 Å². The van der Waals surface area contributed by atoms with Crippen molar-refractivity contribution < 1.29 is 14.7 Å². The Hall–Kier alpha value is -2.18. The van der Waals surface area contributed by atoms with E-state index in [9.17, 15) is 9.90 Å². The predicted octanol–water partition coefficient (Wildman–Crippen LogP) is 3.69. The van der Waals surface area contributed by atoms with Crippen LogP contribution >= 0.6 is 0 Å². The maximum Gasteiger partial charge on any atom is 0.256 e. The molecule has 6 nitrogen and oxygen atoms in total. The van der Waals surface area contributed by atoms with Crippen LogP contribution in [0.3, 0.4) is 0 Å². The van der Waals surface area contributed by atoms with Gasteiger partial charge in [-0.25, -0.2) is 0 Å². The van der Waals surface area contributed by atoms with Gasteiger partial charge < -0.3 is 10.4 Å². The van der Waals surface area contributed by atoms with Gasteiger partial charge in [-0.2, -0.15) is 0 Å². The van der Waals surface area contributed by atoms with Gasteiger partial charge >= 0.3 is 0 Å². The summed E-state index contributed by atoms with van der Waals surface area (Å²) >= 11 is 0. The summed E-state index contributed by atoms with van der Waals surface area (Å²) in [7, 11) is 1.64. The zero-order valence-electron chi connectivity index (χ0n) is 16.8. The standard InChI is InChI=1S/C20H31N3O3/c1-8-14(2)13-17(21-7)22-18(24)15-9-11-16(12-10-15)23-26-20(5,6)19(3,4)25/h9-13,23,25H,8H2,1-7H3,(H,21,22,24)/b14-13-. The van der Waals surface area contributed by atoms with Crippen molar-refractivity contribution in [1.82, 2.24) is 5.32 Å². The lowest BCUT2D eigenvalue weighted by atomic mass is 9.90. The van der Waals surface area contributed by atoms with E-state index in [2.05, 4.69) is 15.8 Å². The number of anilines is 1. The molecule has 0 aliphatic carbocycles. The Balaban J connectivity index is 2.74. The Labute approximate surface area is 156 Å². The summed E-state index contributed by atoms with van der Waals surface area (Å²) in [5.74, 6) is 0.307. The van der Waals surface area contributed by atoms with Gasteiger partial charge in [0, 0.05) is 12.6 Å². The van der Waals surface area contributed by atoms with E-state index >= 15 is 0 Å². The van der Waals surface area contributed by atoms with Crippen LogP contribution in [-0.2, 0) is 4.84 Å². The summed E-state index contributed by atoms with van der Waals surface area (Å²) < 4.78 is 0. The molecule has 0 heterocycles. The molecule has 0 aliphatic heterocycles. The lowest BCUT2D eigenvalue weighted by molar-refractivity contribution is -0.130. The fourth-order valence-corrected chi connectivity index (χ4v) is 1.68. The lowest BCUT2D eigenvalue weighted by Gasteiger charge is -2.36. The quantitative estimate of drug-likeness (QED) is 0.393. The van der Waals surface area contributed by atoms with E-state index in [1.54, 1.807) is 59.0 Å². The smallest absolute Gasteiger partial charge is 0.256 e. The van der Waals surface area contributed by atoms with Crippen molar-refractivity contribution in [2.75, 3.05) is 12.5 Å². The van der Waals surface area contributed by atoms with Crippen LogP contribution in [-0.4, -0.2) is 35.1 Å². The molecule has 0 bridgehead atoms. The number of rotatable bonds is 7. The van der Waals surface area contributed by atoms with E-state index in [1.165, 1.54) is 0 Å². The largest absolute Gasteiger partial charge is 0.387 e. The molecule has 0 fully saturated rings. The molecular formula is C20H31N3O3. The molecule has 26 heavy (non-hydrogen) atoms. The molecule has 1 aromatic carbocycles. The SMILES string of the molecule is CC/C(C)=C\C(=NC)NC(=O)c1ccc(NOC(C)(C)C(C)(C)O)cc1. The molecule has 0 radical (unpaired) electrons. The molecule has 0 saturated carbocycles. The number of carbonyl (C=O) groups is 1. The van der Waals surface area contributed by atoms with Gasteiger partial charge in [-0.3, -0.25) is 20.1 Å². The number of nitrogens with one attached hydrogen (secondary N) is 2. The van der Waals surface area contributed by atoms with Gasteiger partial charge in [0.15, 0.2) is 0 Å². The second kappa shape index (κ2) is 8.96.